The highest BCUT2D eigenvalue weighted by atomic mass is 16.4. The zero-order valence-electron chi connectivity index (χ0n) is 11.9. The van der Waals surface area contributed by atoms with Gasteiger partial charge in [-0.2, -0.15) is 5.26 Å². The van der Waals surface area contributed by atoms with Gasteiger partial charge in [0.05, 0.1) is 24.3 Å². The van der Waals surface area contributed by atoms with Crippen molar-refractivity contribution < 1.29 is 14.7 Å². The second kappa shape index (κ2) is 6.25. The predicted octanol–water partition coefficient (Wildman–Crippen LogP) is 2.03. The van der Waals surface area contributed by atoms with E-state index in [0.29, 0.717) is 31.7 Å². The van der Waals surface area contributed by atoms with Crippen molar-refractivity contribution in [2.45, 2.75) is 51.5 Å². The molecule has 0 aromatic carbocycles. The van der Waals surface area contributed by atoms with Gasteiger partial charge in [-0.05, 0) is 31.6 Å². The van der Waals surface area contributed by atoms with Crippen molar-refractivity contribution in [3.63, 3.8) is 0 Å². The van der Waals surface area contributed by atoms with Crippen LogP contribution in [0.3, 0.4) is 0 Å². The third-order valence-corrected chi connectivity index (χ3v) is 4.61. The Bertz CT molecular complexity index is 425. The smallest absolute Gasteiger partial charge is 0.307 e. The molecule has 0 saturated heterocycles. The van der Waals surface area contributed by atoms with Crippen LogP contribution in [0.1, 0.15) is 45.4 Å². The molecule has 0 aromatic rings. The lowest BCUT2D eigenvalue weighted by Gasteiger charge is -2.26. The summed E-state index contributed by atoms with van der Waals surface area (Å²) in [6.45, 7) is 2.49. The summed E-state index contributed by atoms with van der Waals surface area (Å²) >= 11 is 0. The fourth-order valence-electron chi connectivity index (χ4n) is 3.26. The van der Waals surface area contributed by atoms with Crippen LogP contribution in [-0.4, -0.2) is 34.5 Å². The molecule has 2 fully saturated rings. The number of aliphatic carboxylic acids is 1. The third-order valence-electron chi connectivity index (χ3n) is 4.61. The summed E-state index contributed by atoms with van der Waals surface area (Å²) < 4.78 is 0. The third kappa shape index (κ3) is 3.12. The molecule has 3 atom stereocenters. The van der Waals surface area contributed by atoms with Crippen molar-refractivity contribution in [2.24, 2.45) is 17.8 Å². The molecule has 0 spiro atoms. The van der Waals surface area contributed by atoms with Gasteiger partial charge in [0.15, 0.2) is 0 Å². The number of carbonyl (C=O) groups is 2. The van der Waals surface area contributed by atoms with Crippen molar-refractivity contribution in [1.29, 1.82) is 5.26 Å². The molecule has 0 aromatic heterocycles. The lowest BCUT2D eigenvalue weighted by atomic mass is 9.94. The van der Waals surface area contributed by atoms with Gasteiger partial charge in [0.25, 0.3) is 0 Å². The molecule has 2 aliphatic rings. The number of hydrogen-bond donors (Lipinski definition) is 1. The first kappa shape index (κ1) is 14.8. The fourth-order valence-corrected chi connectivity index (χ4v) is 3.26. The maximum atomic E-state index is 12.7. The molecule has 3 unspecified atom stereocenters. The van der Waals surface area contributed by atoms with Crippen molar-refractivity contribution in [3.8, 4) is 6.07 Å². The summed E-state index contributed by atoms with van der Waals surface area (Å²) in [6, 6.07) is 2.31. The van der Waals surface area contributed by atoms with Crippen LogP contribution < -0.4 is 0 Å². The molecule has 2 aliphatic carbocycles. The molecule has 0 radical (unpaired) electrons. The van der Waals surface area contributed by atoms with Crippen molar-refractivity contribution in [1.82, 2.24) is 4.90 Å². The summed E-state index contributed by atoms with van der Waals surface area (Å²) in [4.78, 5) is 25.8. The normalized spacial score (nSPS) is 28.9. The molecule has 0 bridgehead atoms. The highest BCUT2D eigenvalue weighted by Gasteiger charge is 2.45. The first-order valence-electron chi connectivity index (χ1n) is 7.48. The Labute approximate surface area is 119 Å². The van der Waals surface area contributed by atoms with Crippen molar-refractivity contribution in [3.05, 3.63) is 0 Å². The average molecular weight is 278 g/mol. The van der Waals surface area contributed by atoms with Crippen LogP contribution in [0.4, 0.5) is 0 Å². The minimum atomic E-state index is -0.852. The molecule has 20 heavy (non-hydrogen) atoms. The van der Waals surface area contributed by atoms with Gasteiger partial charge >= 0.3 is 5.97 Å². The van der Waals surface area contributed by atoms with Gasteiger partial charge < -0.3 is 10.0 Å². The van der Waals surface area contributed by atoms with E-state index in [1.165, 1.54) is 0 Å². The number of amides is 1. The van der Waals surface area contributed by atoms with E-state index in [0.717, 1.165) is 19.3 Å². The minimum absolute atomic E-state index is 0.0360. The molecule has 5 nitrogen and oxygen atoms in total. The number of carboxylic acids is 1. The van der Waals surface area contributed by atoms with Crippen LogP contribution in [0.2, 0.25) is 0 Å². The van der Waals surface area contributed by atoms with Gasteiger partial charge in [0.2, 0.25) is 5.91 Å². The Kier molecular flexibility index (Phi) is 4.64. The number of nitrogens with zero attached hydrogens (tertiary/aromatic N) is 2. The van der Waals surface area contributed by atoms with Crippen LogP contribution in [-0.2, 0) is 9.59 Å². The molecule has 5 heteroatoms. The maximum Gasteiger partial charge on any atom is 0.307 e. The van der Waals surface area contributed by atoms with E-state index in [1.54, 1.807) is 4.90 Å². The van der Waals surface area contributed by atoms with Gasteiger partial charge in [-0.3, -0.25) is 9.59 Å². The van der Waals surface area contributed by atoms with Crippen LogP contribution in [0.15, 0.2) is 0 Å². The monoisotopic (exact) mass is 278 g/mol. The molecule has 0 aliphatic heterocycles. The van der Waals surface area contributed by atoms with E-state index in [9.17, 15) is 14.7 Å². The molecular weight excluding hydrogens is 256 g/mol. The Hall–Kier alpha value is -1.57. The molecule has 2 saturated carbocycles. The van der Waals surface area contributed by atoms with Gasteiger partial charge in [0, 0.05) is 12.6 Å². The second-order valence-corrected chi connectivity index (χ2v) is 5.97. The van der Waals surface area contributed by atoms with Gasteiger partial charge in [0.1, 0.15) is 0 Å². The van der Waals surface area contributed by atoms with Gasteiger partial charge in [-0.1, -0.05) is 13.3 Å². The van der Waals surface area contributed by atoms with Crippen LogP contribution in [0, 0.1) is 29.1 Å². The van der Waals surface area contributed by atoms with E-state index >= 15 is 0 Å². The highest BCUT2D eigenvalue weighted by molar-refractivity contribution is 5.85. The fraction of sp³-hybridized carbons (Fsp3) is 0.800. The van der Waals surface area contributed by atoms with E-state index in [1.807, 2.05) is 6.92 Å². The van der Waals surface area contributed by atoms with E-state index in [-0.39, 0.29) is 11.9 Å². The zero-order valence-corrected chi connectivity index (χ0v) is 11.9. The first-order valence-corrected chi connectivity index (χ1v) is 7.48. The summed E-state index contributed by atoms with van der Waals surface area (Å²) in [5, 5.41) is 18.0. The number of carbonyl (C=O) groups excluding carboxylic acids is 1. The maximum absolute atomic E-state index is 12.7. The Morgan fingerprint density at radius 2 is 1.95 bits per heavy atom. The minimum Gasteiger partial charge on any atom is -0.481 e. The Balaban J connectivity index is 2.08. The standard InChI is InChI=1S/C15H22N2O3/c1-2-10-8-12(13(9-10)15(19)20)14(18)17(7-3-6-16)11-4-5-11/h10-13H,2-5,7-9H2,1H3,(H,19,20). The van der Waals surface area contributed by atoms with Crippen LogP contribution in [0.5, 0.6) is 0 Å². The SMILES string of the molecule is CCC1CC(C(=O)O)C(C(=O)N(CCC#N)C2CC2)C1. The van der Waals surface area contributed by atoms with Gasteiger partial charge in [-0.15, -0.1) is 0 Å². The summed E-state index contributed by atoms with van der Waals surface area (Å²) in [7, 11) is 0. The molecular formula is C15H22N2O3. The van der Waals surface area contributed by atoms with Crippen LogP contribution >= 0.6 is 0 Å². The predicted molar refractivity (Wildman–Crippen MR) is 72.6 cm³/mol. The van der Waals surface area contributed by atoms with Crippen LogP contribution in [0.25, 0.3) is 0 Å². The topological polar surface area (TPSA) is 81.4 Å². The zero-order chi connectivity index (χ0) is 14.7. The average Bonchev–Trinajstić information content (AvgIpc) is 3.16. The molecule has 2 rings (SSSR count). The van der Waals surface area contributed by atoms with Crippen molar-refractivity contribution >= 4 is 11.9 Å². The number of rotatable bonds is 6. The van der Waals surface area contributed by atoms with Crippen molar-refractivity contribution in [2.75, 3.05) is 6.54 Å². The number of hydrogen-bond acceptors (Lipinski definition) is 3. The number of carboxylic acid groups (broad SMARTS) is 1. The molecule has 1 N–H and O–H groups in total. The Morgan fingerprint density at radius 1 is 1.30 bits per heavy atom. The quantitative estimate of drug-likeness (QED) is 0.806. The summed E-state index contributed by atoms with van der Waals surface area (Å²) in [5.41, 5.74) is 0. The highest BCUT2D eigenvalue weighted by Crippen LogP contribution is 2.41. The summed E-state index contributed by atoms with van der Waals surface area (Å²) in [6.07, 6.45) is 4.51. The lowest BCUT2D eigenvalue weighted by Crippen LogP contribution is -2.41. The molecule has 1 amide bonds. The second-order valence-electron chi connectivity index (χ2n) is 5.97. The largest absolute Gasteiger partial charge is 0.481 e. The van der Waals surface area contributed by atoms with E-state index < -0.39 is 17.8 Å². The summed E-state index contributed by atoms with van der Waals surface area (Å²) in [5.74, 6) is -1.49. The van der Waals surface area contributed by atoms with Gasteiger partial charge in [-0.25, -0.2) is 0 Å². The van der Waals surface area contributed by atoms with E-state index in [2.05, 4.69) is 6.07 Å². The first-order chi connectivity index (χ1) is 9.58. The molecule has 0 heterocycles. The number of nitriles is 1. The molecule has 110 valence electrons. The Morgan fingerprint density at radius 3 is 2.45 bits per heavy atom. The van der Waals surface area contributed by atoms with E-state index in [4.69, 9.17) is 5.26 Å². The lowest BCUT2D eigenvalue weighted by molar-refractivity contribution is -0.149.